The zero-order chi connectivity index (χ0) is 10.5. The van der Waals surface area contributed by atoms with E-state index in [-0.39, 0.29) is 0 Å². The minimum Gasteiger partial charge on any atom is -0.303 e. The van der Waals surface area contributed by atoms with E-state index in [0.717, 1.165) is 11.8 Å². The number of rotatable bonds is 3. The van der Waals surface area contributed by atoms with Gasteiger partial charge in [-0.05, 0) is 44.2 Å². The van der Waals surface area contributed by atoms with Crippen molar-refractivity contribution in [3.8, 4) is 0 Å². The molecule has 0 amide bonds. The van der Waals surface area contributed by atoms with Gasteiger partial charge in [0.2, 0.25) is 0 Å². The van der Waals surface area contributed by atoms with Crippen molar-refractivity contribution in [2.75, 3.05) is 19.6 Å². The lowest BCUT2D eigenvalue weighted by molar-refractivity contribution is 0.166. The Bertz CT molecular complexity index is 172. The van der Waals surface area contributed by atoms with Gasteiger partial charge in [0.25, 0.3) is 0 Å². The standard InChI is InChI=1S/C14H27N/c1-13-6-5-10-15(12-13)11-9-14-7-3-2-4-8-14/h13-14H,2-12H2,1H3/t13-/m0/s1. The third-order valence-corrected chi connectivity index (χ3v) is 4.32. The molecule has 2 aliphatic rings. The maximum atomic E-state index is 2.71. The van der Waals surface area contributed by atoms with E-state index < -0.39 is 0 Å². The Morgan fingerprint density at radius 2 is 1.80 bits per heavy atom. The van der Waals surface area contributed by atoms with Crippen LogP contribution in [0.15, 0.2) is 0 Å². The van der Waals surface area contributed by atoms with Gasteiger partial charge in [0.15, 0.2) is 0 Å². The summed E-state index contributed by atoms with van der Waals surface area (Å²) in [6, 6.07) is 0. The van der Waals surface area contributed by atoms with Crippen molar-refractivity contribution >= 4 is 0 Å². The molecule has 88 valence electrons. The van der Waals surface area contributed by atoms with E-state index in [1.54, 1.807) is 0 Å². The maximum absolute atomic E-state index is 2.71. The Morgan fingerprint density at radius 1 is 1.00 bits per heavy atom. The first-order valence-corrected chi connectivity index (χ1v) is 7.07. The smallest absolute Gasteiger partial charge is 0.000703 e. The van der Waals surface area contributed by atoms with Crippen LogP contribution in [0.5, 0.6) is 0 Å². The number of piperidine rings is 1. The van der Waals surface area contributed by atoms with Crippen LogP contribution in [0.25, 0.3) is 0 Å². The van der Waals surface area contributed by atoms with Crippen LogP contribution in [-0.4, -0.2) is 24.5 Å². The molecule has 0 radical (unpaired) electrons. The number of hydrogen-bond acceptors (Lipinski definition) is 1. The Morgan fingerprint density at radius 3 is 2.53 bits per heavy atom. The zero-order valence-electron chi connectivity index (χ0n) is 10.4. The first-order valence-electron chi connectivity index (χ1n) is 7.07. The van der Waals surface area contributed by atoms with Crippen molar-refractivity contribution in [1.29, 1.82) is 0 Å². The molecule has 2 fully saturated rings. The molecule has 1 saturated heterocycles. The molecule has 1 aliphatic carbocycles. The van der Waals surface area contributed by atoms with E-state index in [4.69, 9.17) is 0 Å². The second-order valence-corrected chi connectivity index (χ2v) is 5.84. The van der Waals surface area contributed by atoms with Gasteiger partial charge in [-0.2, -0.15) is 0 Å². The molecule has 0 spiro atoms. The first kappa shape index (κ1) is 11.4. The van der Waals surface area contributed by atoms with Crippen molar-refractivity contribution in [3.05, 3.63) is 0 Å². The molecule has 0 aromatic heterocycles. The van der Waals surface area contributed by atoms with Crippen LogP contribution in [0.4, 0.5) is 0 Å². The summed E-state index contributed by atoms with van der Waals surface area (Å²) >= 11 is 0. The van der Waals surface area contributed by atoms with E-state index in [0.29, 0.717) is 0 Å². The van der Waals surface area contributed by atoms with Crippen molar-refractivity contribution < 1.29 is 0 Å². The monoisotopic (exact) mass is 209 g/mol. The molecule has 0 N–H and O–H groups in total. The minimum absolute atomic E-state index is 0.949. The normalized spacial score (nSPS) is 30.6. The average Bonchev–Trinajstić information content (AvgIpc) is 2.28. The Balaban J connectivity index is 1.63. The fourth-order valence-electron chi connectivity index (χ4n) is 3.33. The van der Waals surface area contributed by atoms with Gasteiger partial charge < -0.3 is 4.90 Å². The second-order valence-electron chi connectivity index (χ2n) is 5.84. The van der Waals surface area contributed by atoms with E-state index in [1.165, 1.54) is 71.0 Å². The van der Waals surface area contributed by atoms with Crippen LogP contribution >= 0.6 is 0 Å². The second kappa shape index (κ2) is 5.89. The number of likely N-dealkylation sites (tertiary alicyclic amines) is 1. The molecule has 1 atom stereocenters. The summed E-state index contributed by atoms with van der Waals surface area (Å²) in [5, 5.41) is 0. The van der Waals surface area contributed by atoms with Crippen molar-refractivity contribution in [2.45, 2.75) is 58.3 Å². The molecular weight excluding hydrogens is 182 g/mol. The topological polar surface area (TPSA) is 3.24 Å². The lowest BCUT2D eigenvalue weighted by atomic mass is 9.86. The Kier molecular flexibility index (Phi) is 4.49. The van der Waals surface area contributed by atoms with Gasteiger partial charge in [-0.15, -0.1) is 0 Å². The lowest BCUT2D eigenvalue weighted by Gasteiger charge is -2.32. The van der Waals surface area contributed by atoms with Crippen LogP contribution in [0, 0.1) is 11.8 Å². The molecule has 15 heavy (non-hydrogen) atoms. The van der Waals surface area contributed by atoms with Gasteiger partial charge in [-0.1, -0.05) is 39.0 Å². The van der Waals surface area contributed by atoms with Gasteiger partial charge in [0.1, 0.15) is 0 Å². The van der Waals surface area contributed by atoms with E-state index in [1.807, 2.05) is 0 Å². The number of hydrogen-bond donors (Lipinski definition) is 0. The van der Waals surface area contributed by atoms with Crippen LogP contribution in [-0.2, 0) is 0 Å². The Hall–Kier alpha value is -0.0400. The van der Waals surface area contributed by atoms with Crippen LogP contribution in [0.2, 0.25) is 0 Å². The first-order chi connectivity index (χ1) is 7.34. The van der Waals surface area contributed by atoms with Crippen molar-refractivity contribution in [1.82, 2.24) is 4.90 Å². The predicted octanol–water partition coefficient (Wildman–Crippen LogP) is 3.69. The highest BCUT2D eigenvalue weighted by molar-refractivity contribution is 4.72. The van der Waals surface area contributed by atoms with Gasteiger partial charge in [0, 0.05) is 6.54 Å². The zero-order valence-corrected chi connectivity index (χ0v) is 10.4. The SMILES string of the molecule is C[C@H]1CCCN(CCC2CCCCC2)C1. The predicted molar refractivity (Wildman–Crippen MR) is 66.0 cm³/mol. The molecule has 1 heteroatoms. The largest absolute Gasteiger partial charge is 0.303 e. The van der Waals surface area contributed by atoms with Crippen LogP contribution in [0.3, 0.4) is 0 Å². The summed E-state index contributed by atoms with van der Waals surface area (Å²) in [7, 11) is 0. The summed E-state index contributed by atoms with van der Waals surface area (Å²) < 4.78 is 0. The summed E-state index contributed by atoms with van der Waals surface area (Å²) in [4.78, 5) is 2.71. The van der Waals surface area contributed by atoms with Gasteiger partial charge in [0.05, 0.1) is 0 Å². The van der Waals surface area contributed by atoms with Gasteiger partial charge in [-0.3, -0.25) is 0 Å². The molecule has 0 bridgehead atoms. The van der Waals surface area contributed by atoms with Crippen molar-refractivity contribution in [2.24, 2.45) is 11.8 Å². The summed E-state index contributed by atoms with van der Waals surface area (Å²) in [6.45, 7) is 6.53. The molecule has 0 aromatic carbocycles. The summed E-state index contributed by atoms with van der Waals surface area (Å²) in [6.07, 6.45) is 11.9. The molecular formula is C14H27N. The average molecular weight is 209 g/mol. The van der Waals surface area contributed by atoms with Crippen LogP contribution < -0.4 is 0 Å². The van der Waals surface area contributed by atoms with E-state index in [2.05, 4.69) is 11.8 Å². The fraction of sp³-hybridized carbons (Fsp3) is 1.00. The summed E-state index contributed by atoms with van der Waals surface area (Å²) in [5.74, 6) is 2.01. The highest BCUT2D eigenvalue weighted by atomic mass is 15.1. The Labute approximate surface area is 95.2 Å². The molecule has 0 unspecified atom stereocenters. The van der Waals surface area contributed by atoms with E-state index in [9.17, 15) is 0 Å². The number of nitrogens with zero attached hydrogens (tertiary/aromatic N) is 1. The quantitative estimate of drug-likeness (QED) is 0.685. The maximum Gasteiger partial charge on any atom is 0.000703 e. The van der Waals surface area contributed by atoms with Gasteiger partial charge >= 0.3 is 0 Å². The highest BCUT2D eigenvalue weighted by Gasteiger charge is 2.18. The minimum atomic E-state index is 0.949. The van der Waals surface area contributed by atoms with Crippen molar-refractivity contribution in [3.63, 3.8) is 0 Å². The molecule has 1 nitrogen and oxygen atoms in total. The molecule has 1 saturated carbocycles. The molecule has 1 aliphatic heterocycles. The fourth-order valence-corrected chi connectivity index (χ4v) is 3.33. The van der Waals surface area contributed by atoms with Crippen LogP contribution in [0.1, 0.15) is 58.3 Å². The third-order valence-electron chi connectivity index (χ3n) is 4.32. The molecule has 1 heterocycles. The summed E-state index contributed by atoms with van der Waals surface area (Å²) in [5.41, 5.74) is 0. The third kappa shape index (κ3) is 3.79. The molecule has 0 aromatic rings. The van der Waals surface area contributed by atoms with Gasteiger partial charge in [-0.25, -0.2) is 0 Å². The van der Waals surface area contributed by atoms with E-state index >= 15 is 0 Å². The molecule has 2 rings (SSSR count). The lowest BCUT2D eigenvalue weighted by Crippen LogP contribution is -2.35. The highest BCUT2D eigenvalue weighted by Crippen LogP contribution is 2.27.